The maximum absolute atomic E-state index is 12.8. The molecule has 0 saturated heterocycles. The fourth-order valence-electron chi connectivity index (χ4n) is 3.08. The van der Waals surface area contributed by atoms with Gasteiger partial charge in [-0.1, -0.05) is 41.6 Å². The zero-order valence-electron chi connectivity index (χ0n) is 15.8. The molecular formula is C22H20N6O. The van der Waals surface area contributed by atoms with Crippen LogP contribution in [0.15, 0.2) is 79.4 Å². The maximum Gasteiger partial charge on any atom is 0.274 e. The van der Waals surface area contributed by atoms with E-state index in [9.17, 15) is 4.79 Å². The molecule has 0 aliphatic rings. The average molecular weight is 384 g/mol. The van der Waals surface area contributed by atoms with Gasteiger partial charge in [0, 0.05) is 36.9 Å². The van der Waals surface area contributed by atoms with Crippen molar-refractivity contribution in [1.29, 1.82) is 0 Å². The number of rotatable bonds is 7. The second-order valence-corrected chi connectivity index (χ2v) is 6.53. The highest BCUT2D eigenvalue weighted by molar-refractivity contribution is 5.98. The van der Waals surface area contributed by atoms with Crippen LogP contribution in [0.5, 0.6) is 0 Å². The summed E-state index contributed by atoms with van der Waals surface area (Å²) in [6.07, 6.45) is 7.61. The number of nitrogens with zero attached hydrogens (tertiary/aromatic N) is 5. The zero-order chi connectivity index (χ0) is 19.9. The van der Waals surface area contributed by atoms with Crippen molar-refractivity contribution in [2.75, 3.05) is 6.54 Å². The van der Waals surface area contributed by atoms with Crippen LogP contribution in [0.3, 0.4) is 0 Å². The lowest BCUT2D eigenvalue weighted by Gasteiger charge is -2.09. The highest BCUT2D eigenvalue weighted by Crippen LogP contribution is 2.22. The van der Waals surface area contributed by atoms with E-state index in [0.717, 1.165) is 16.7 Å². The number of carbonyl (C=O) groups is 1. The Kier molecular flexibility index (Phi) is 5.66. The summed E-state index contributed by atoms with van der Waals surface area (Å²) >= 11 is 0. The molecule has 0 aliphatic carbocycles. The van der Waals surface area contributed by atoms with Gasteiger partial charge in [-0.25, -0.2) is 4.68 Å². The molecule has 0 bridgehead atoms. The summed E-state index contributed by atoms with van der Waals surface area (Å²) in [5, 5.41) is 11.4. The highest BCUT2D eigenvalue weighted by atomic mass is 16.2. The number of hydrogen-bond acceptors (Lipinski definition) is 5. The number of nitrogens with one attached hydrogen (secondary N) is 1. The second-order valence-electron chi connectivity index (χ2n) is 6.53. The Morgan fingerprint density at radius 2 is 1.69 bits per heavy atom. The van der Waals surface area contributed by atoms with Crippen molar-refractivity contribution >= 4 is 5.91 Å². The normalized spacial score (nSPS) is 10.6. The van der Waals surface area contributed by atoms with Gasteiger partial charge >= 0.3 is 0 Å². The summed E-state index contributed by atoms with van der Waals surface area (Å²) in [6, 6.07) is 17.5. The first-order valence-corrected chi connectivity index (χ1v) is 9.36. The van der Waals surface area contributed by atoms with Crippen molar-refractivity contribution in [3.05, 3.63) is 96.2 Å². The Morgan fingerprint density at radius 1 is 0.897 bits per heavy atom. The van der Waals surface area contributed by atoms with E-state index < -0.39 is 0 Å². The number of aromatic nitrogens is 5. The first-order chi connectivity index (χ1) is 14.3. The molecule has 0 saturated carbocycles. The zero-order valence-corrected chi connectivity index (χ0v) is 15.8. The molecule has 0 aliphatic heterocycles. The largest absolute Gasteiger partial charge is 0.350 e. The van der Waals surface area contributed by atoms with Gasteiger partial charge in [0.15, 0.2) is 5.69 Å². The first kappa shape index (κ1) is 18.5. The SMILES string of the molecule is O=C(NCCc1cccnc1)c1nnn(Cc2ccccc2)c1-c1ccncc1. The van der Waals surface area contributed by atoms with Crippen LogP contribution in [0, 0.1) is 0 Å². The molecule has 3 heterocycles. The van der Waals surface area contributed by atoms with Crippen molar-refractivity contribution in [3.8, 4) is 11.3 Å². The molecule has 0 unspecified atom stereocenters. The van der Waals surface area contributed by atoms with E-state index in [1.165, 1.54) is 0 Å². The molecule has 0 atom stereocenters. The maximum atomic E-state index is 12.8. The molecule has 4 rings (SSSR count). The number of benzene rings is 1. The molecule has 29 heavy (non-hydrogen) atoms. The second kappa shape index (κ2) is 8.88. The predicted octanol–water partition coefficient (Wildman–Crippen LogP) is 2.76. The lowest BCUT2D eigenvalue weighted by molar-refractivity contribution is 0.0949. The van der Waals surface area contributed by atoms with Gasteiger partial charge in [0.1, 0.15) is 5.69 Å². The van der Waals surface area contributed by atoms with E-state index in [1.54, 1.807) is 29.5 Å². The molecule has 0 fully saturated rings. The minimum atomic E-state index is -0.250. The van der Waals surface area contributed by atoms with Gasteiger partial charge in [-0.15, -0.1) is 5.10 Å². The van der Waals surface area contributed by atoms with Crippen LogP contribution in [0.4, 0.5) is 0 Å². The third-order valence-electron chi connectivity index (χ3n) is 4.50. The molecule has 0 spiro atoms. The van der Waals surface area contributed by atoms with E-state index in [4.69, 9.17) is 0 Å². The van der Waals surface area contributed by atoms with Gasteiger partial charge in [0.05, 0.1) is 6.54 Å². The minimum absolute atomic E-state index is 0.250. The lowest BCUT2D eigenvalue weighted by Crippen LogP contribution is -2.26. The van der Waals surface area contributed by atoms with Crippen LogP contribution in [0.2, 0.25) is 0 Å². The summed E-state index contributed by atoms with van der Waals surface area (Å²) in [5.74, 6) is -0.250. The lowest BCUT2D eigenvalue weighted by atomic mass is 10.1. The molecule has 7 nitrogen and oxygen atoms in total. The summed E-state index contributed by atoms with van der Waals surface area (Å²) < 4.78 is 1.75. The highest BCUT2D eigenvalue weighted by Gasteiger charge is 2.21. The Morgan fingerprint density at radius 3 is 2.45 bits per heavy atom. The van der Waals surface area contributed by atoms with Gasteiger partial charge in [-0.2, -0.15) is 0 Å². The van der Waals surface area contributed by atoms with Gasteiger partial charge in [0.25, 0.3) is 5.91 Å². The number of hydrogen-bond donors (Lipinski definition) is 1. The van der Waals surface area contributed by atoms with Crippen molar-refractivity contribution in [1.82, 2.24) is 30.3 Å². The van der Waals surface area contributed by atoms with Crippen LogP contribution in [0.1, 0.15) is 21.6 Å². The molecule has 7 heteroatoms. The van der Waals surface area contributed by atoms with Gasteiger partial charge in [0.2, 0.25) is 0 Å². The van der Waals surface area contributed by atoms with Crippen LogP contribution >= 0.6 is 0 Å². The van der Waals surface area contributed by atoms with Crippen molar-refractivity contribution in [2.24, 2.45) is 0 Å². The Balaban J connectivity index is 1.56. The summed E-state index contributed by atoms with van der Waals surface area (Å²) in [5.41, 5.74) is 3.97. The predicted molar refractivity (Wildman–Crippen MR) is 109 cm³/mol. The molecule has 0 radical (unpaired) electrons. The van der Waals surface area contributed by atoms with E-state index in [2.05, 4.69) is 25.6 Å². The smallest absolute Gasteiger partial charge is 0.274 e. The summed E-state index contributed by atoms with van der Waals surface area (Å²) in [6.45, 7) is 1.01. The van der Waals surface area contributed by atoms with Crippen LogP contribution in [-0.2, 0) is 13.0 Å². The van der Waals surface area contributed by atoms with Crippen LogP contribution in [-0.4, -0.2) is 37.4 Å². The quantitative estimate of drug-likeness (QED) is 0.530. The molecule has 1 N–H and O–H groups in total. The summed E-state index contributed by atoms with van der Waals surface area (Å²) in [7, 11) is 0. The van der Waals surface area contributed by atoms with Crippen LogP contribution < -0.4 is 5.32 Å². The van der Waals surface area contributed by atoms with E-state index in [1.807, 2.05) is 54.6 Å². The number of amides is 1. The Bertz CT molecular complexity index is 1060. The van der Waals surface area contributed by atoms with Crippen molar-refractivity contribution in [2.45, 2.75) is 13.0 Å². The number of pyridine rings is 2. The fourth-order valence-corrected chi connectivity index (χ4v) is 3.08. The Labute approximate surface area is 168 Å². The molecule has 3 aromatic heterocycles. The standard InChI is InChI=1S/C22H20N6O/c29-22(25-14-8-17-7-4-11-24-15-17)20-21(19-9-12-23-13-10-19)28(27-26-20)16-18-5-2-1-3-6-18/h1-7,9-13,15H,8,14,16H2,(H,25,29). The van der Waals surface area contributed by atoms with Gasteiger partial charge in [-0.05, 0) is 35.7 Å². The topological polar surface area (TPSA) is 85.6 Å². The van der Waals surface area contributed by atoms with Gasteiger partial charge < -0.3 is 5.32 Å². The average Bonchev–Trinajstić information content (AvgIpc) is 3.19. The molecule has 144 valence electrons. The first-order valence-electron chi connectivity index (χ1n) is 9.36. The molecular weight excluding hydrogens is 364 g/mol. The van der Waals surface area contributed by atoms with E-state index in [0.29, 0.717) is 30.9 Å². The number of carbonyl (C=O) groups excluding carboxylic acids is 1. The van der Waals surface area contributed by atoms with Crippen molar-refractivity contribution in [3.63, 3.8) is 0 Å². The monoisotopic (exact) mass is 384 g/mol. The van der Waals surface area contributed by atoms with E-state index >= 15 is 0 Å². The molecule has 1 aromatic carbocycles. The minimum Gasteiger partial charge on any atom is -0.350 e. The Hall–Kier alpha value is -3.87. The third kappa shape index (κ3) is 4.52. The van der Waals surface area contributed by atoms with Crippen molar-refractivity contribution < 1.29 is 4.79 Å². The molecule has 1 amide bonds. The summed E-state index contributed by atoms with van der Waals surface area (Å²) in [4.78, 5) is 21.0. The van der Waals surface area contributed by atoms with E-state index in [-0.39, 0.29) is 5.91 Å². The van der Waals surface area contributed by atoms with Gasteiger partial charge in [-0.3, -0.25) is 14.8 Å². The van der Waals surface area contributed by atoms with Crippen LogP contribution in [0.25, 0.3) is 11.3 Å². The molecule has 4 aromatic rings. The third-order valence-corrected chi connectivity index (χ3v) is 4.50. The fraction of sp³-hybridized carbons (Fsp3) is 0.136.